The predicted octanol–water partition coefficient (Wildman–Crippen LogP) is 2.77. The molecule has 1 amide bonds. The number of aromatic nitrogens is 2. The number of hydrogen-bond donors (Lipinski definition) is 1. The standard InChI is InChI=1S/C18H21N3O3S/c1-10(17-21-20-11(2)25-17)19-16(22)14-9-18(14)6-7-24-15-5-4-12(23-3)8-13(15)18/h4-5,8,10,14H,6-7,9H2,1-3H3,(H,19,22)/t10-,14+,18+/m0/s1. The van der Waals surface area contributed by atoms with Crippen molar-refractivity contribution in [3.63, 3.8) is 0 Å². The Morgan fingerprint density at radius 1 is 1.48 bits per heavy atom. The van der Waals surface area contributed by atoms with E-state index in [2.05, 4.69) is 15.5 Å². The summed E-state index contributed by atoms with van der Waals surface area (Å²) in [6.07, 6.45) is 1.71. The van der Waals surface area contributed by atoms with Gasteiger partial charge in [0.25, 0.3) is 0 Å². The van der Waals surface area contributed by atoms with Crippen LogP contribution in [0.3, 0.4) is 0 Å². The van der Waals surface area contributed by atoms with Crippen LogP contribution < -0.4 is 14.8 Å². The largest absolute Gasteiger partial charge is 0.497 e. The van der Waals surface area contributed by atoms with Crippen molar-refractivity contribution in [3.05, 3.63) is 33.8 Å². The summed E-state index contributed by atoms with van der Waals surface area (Å²) in [6.45, 7) is 4.51. The molecule has 1 aliphatic heterocycles. The highest BCUT2D eigenvalue weighted by atomic mass is 32.1. The summed E-state index contributed by atoms with van der Waals surface area (Å²) >= 11 is 1.52. The molecule has 7 heteroatoms. The van der Waals surface area contributed by atoms with Crippen LogP contribution in [0.1, 0.15) is 41.4 Å². The van der Waals surface area contributed by atoms with Gasteiger partial charge < -0.3 is 14.8 Å². The first-order valence-corrected chi connectivity index (χ1v) is 9.27. The average Bonchev–Trinajstić information content (AvgIpc) is 3.16. The third-order valence-electron chi connectivity index (χ3n) is 5.19. The first kappa shape index (κ1) is 16.3. The molecule has 1 aliphatic carbocycles. The van der Waals surface area contributed by atoms with E-state index in [9.17, 15) is 4.79 Å². The molecule has 1 aromatic carbocycles. The van der Waals surface area contributed by atoms with Crippen LogP contribution in [-0.2, 0) is 10.2 Å². The molecule has 0 bridgehead atoms. The third-order valence-corrected chi connectivity index (χ3v) is 6.21. The molecule has 0 unspecified atom stereocenters. The minimum absolute atomic E-state index is 0.0290. The summed E-state index contributed by atoms with van der Waals surface area (Å²) in [7, 11) is 1.65. The maximum Gasteiger partial charge on any atom is 0.224 e. The van der Waals surface area contributed by atoms with Crippen LogP contribution in [0.2, 0.25) is 0 Å². The number of carbonyl (C=O) groups is 1. The van der Waals surface area contributed by atoms with Crippen LogP contribution in [0.25, 0.3) is 0 Å². The van der Waals surface area contributed by atoms with Gasteiger partial charge in [-0.3, -0.25) is 4.79 Å². The van der Waals surface area contributed by atoms with E-state index in [1.807, 2.05) is 32.0 Å². The molecule has 0 saturated heterocycles. The number of carbonyl (C=O) groups excluding carboxylic acids is 1. The van der Waals surface area contributed by atoms with Gasteiger partial charge in [-0.1, -0.05) is 11.3 Å². The second-order valence-electron chi connectivity index (χ2n) is 6.76. The number of fused-ring (bicyclic) bond motifs is 2. The molecule has 2 heterocycles. The van der Waals surface area contributed by atoms with Crippen molar-refractivity contribution in [2.24, 2.45) is 5.92 Å². The van der Waals surface area contributed by atoms with E-state index < -0.39 is 0 Å². The van der Waals surface area contributed by atoms with Gasteiger partial charge in [-0.25, -0.2) is 0 Å². The molecule has 4 rings (SSSR count). The molecule has 2 aliphatic rings. The summed E-state index contributed by atoms with van der Waals surface area (Å²) in [6, 6.07) is 5.73. The van der Waals surface area contributed by atoms with Crippen molar-refractivity contribution in [1.82, 2.24) is 15.5 Å². The van der Waals surface area contributed by atoms with E-state index >= 15 is 0 Å². The van der Waals surface area contributed by atoms with E-state index in [0.717, 1.165) is 39.9 Å². The van der Waals surface area contributed by atoms with Crippen molar-refractivity contribution < 1.29 is 14.3 Å². The molecule has 1 saturated carbocycles. The van der Waals surface area contributed by atoms with Gasteiger partial charge in [0.15, 0.2) is 0 Å². The molecule has 3 atom stereocenters. The number of hydrogen-bond acceptors (Lipinski definition) is 6. The minimum atomic E-state index is -0.124. The Morgan fingerprint density at radius 3 is 3.04 bits per heavy atom. The molecule has 1 fully saturated rings. The quantitative estimate of drug-likeness (QED) is 0.909. The van der Waals surface area contributed by atoms with Crippen LogP contribution in [0, 0.1) is 12.8 Å². The molecule has 132 valence electrons. The lowest BCUT2D eigenvalue weighted by molar-refractivity contribution is -0.123. The zero-order valence-corrected chi connectivity index (χ0v) is 15.4. The van der Waals surface area contributed by atoms with Crippen LogP contribution in [0.5, 0.6) is 11.5 Å². The van der Waals surface area contributed by atoms with Gasteiger partial charge in [-0.05, 0) is 44.9 Å². The smallest absolute Gasteiger partial charge is 0.224 e. The second-order valence-corrected chi connectivity index (χ2v) is 7.98. The lowest BCUT2D eigenvalue weighted by atomic mass is 9.87. The van der Waals surface area contributed by atoms with E-state index in [1.54, 1.807) is 7.11 Å². The average molecular weight is 359 g/mol. The summed E-state index contributed by atoms with van der Waals surface area (Å²) in [5.41, 5.74) is 0.973. The second kappa shape index (κ2) is 5.98. The first-order chi connectivity index (χ1) is 12.0. The lowest BCUT2D eigenvalue weighted by Crippen LogP contribution is -2.32. The van der Waals surface area contributed by atoms with Gasteiger partial charge in [-0.2, -0.15) is 0 Å². The fourth-order valence-corrected chi connectivity index (χ4v) is 4.42. The fourth-order valence-electron chi connectivity index (χ4n) is 3.71. The van der Waals surface area contributed by atoms with E-state index in [0.29, 0.717) is 6.61 Å². The molecule has 1 aromatic heterocycles. The number of amides is 1. The van der Waals surface area contributed by atoms with Crippen LogP contribution in [0.15, 0.2) is 18.2 Å². The summed E-state index contributed by atoms with van der Waals surface area (Å²) < 4.78 is 11.1. The number of benzene rings is 1. The summed E-state index contributed by atoms with van der Waals surface area (Å²) in [4.78, 5) is 12.8. The Balaban J connectivity index is 1.52. The Morgan fingerprint density at radius 2 is 2.32 bits per heavy atom. The number of aryl methyl sites for hydroxylation is 1. The van der Waals surface area contributed by atoms with E-state index in [-0.39, 0.29) is 23.3 Å². The topological polar surface area (TPSA) is 73.3 Å². The van der Waals surface area contributed by atoms with Crippen molar-refractivity contribution in [3.8, 4) is 11.5 Å². The highest BCUT2D eigenvalue weighted by Gasteiger charge is 2.61. The molecular weight excluding hydrogens is 338 g/mol. The highest BCUT2D eigenvalue weighted by Crippen LogP contribution is 2.61. The third kappa shape index (κ3) is 2.76. The van der Waals surface area contributed by atoms with Gasteiger partial charge in [0.05, 0.1) is 19.8 Å². The van der Waals surface area contributed by atoms with Gasteiger partial charge in [-0.15, -0.1) is 10.2 Å². The molecule has 1 spiro atoms. The van der Waals surface area contributed by atoms with Gasteiger partial charge >= 0.3 is 0 Å². The normalized spacial score (nSPS) is 25.0. The monoisotopic (exact) mass is 359 g/mol. The maximum absolute atomic E-state index is 12.8. The van der Waals surface area contributed by atoms with Crippen LogP contribution in [-0.4, -0.2) is 29.8 Å². The van der Waals surface area contributed by atoms with E-state index in [1.165, 1.54) is 11.3 Å². The Labute approximate surface area is 150 Å². The molecule has 1 N–H and O–H groups in total. The molecule has 0 radical (unpaired) electrons. The zero-order chi connectivity index (χ0) is 17.6. The predicted molar refractivity (Wildman–Crippen MR) is 94.1 cm³/mol. The Hall–Kier alpha value is -2.15. The van der Waals surface area contributed by atoms with Crippen molar-refractivity contribution >= 4 is 17.2 Å². The summed E-state index contributed by atoms with van der Waals surface area (Å²) in [5.74, 6) is 1.72. The summed E-state index contributed by atoms with van der Waals surface area (Å²) in [5, 5.41) is 13.0. The first-order valence-electron chi connectivity index (χ1n) is 8.45. The number of rotatable bonds is 4. The molecular formula is C18H21N3O3S. The maximum atomic E-state index is 12.8. The van der Waals surface area contributed by atoms with Crippen molar-refractivity contribution in [1.29, 1.82) is 0 Å². The minimum Gasteiger partial charge on any atom is -0.497 e. The van der Waals surface area contributed by atoms with Crippen molar-refractivity contribution in [2.45, 2.75) is 38.1 Å². The van der Waals surface area contributed by atoms with Crippen molar-refractivity contribution in [2.75, 3.05) is 13.7 Å². The van der Waals surface area contributed by atoms with Gasteiger partial charge in [0.2, 0.25) is 5.91 Å². The highest BCUT2D eigenvalue weighted by molar-refractivity contribution is 7.11. The van der Waals surface area contributed by atoms with Gasteiger partial charge in [0, 0.05) is 16.9 Å². The molecule has 2 aromatic rings. The molecule has 6 nitrogen and oxygen atoms in total. The van der Waals surface area contributed by atoms with Gasteiger partial charge in [0.1, 0.15) is 21.5 Å². The number of ether oxygens (including phenoxy) is 2. The number of nitrogens with one attached hydrogen (secondary N) is 1. The van der Waals surface area contributed by atoms with Crippen LogP contribution >= 0.6 is 11.3 Å². The fraction of sp³-hybridized carbons (Fsp3) is 0.500. The number of nitrogens with zero attached hydrogens (tertiary/aromatic N) is 2. The van der Waals surface area contributed by atoms with Crippen LogP contribution in [0.4, 0.5) is 0 Å². The SMILES string of the molecule is COc1ccc2c(c1)[C@@]1(CCO2)C[C@@H]1C(=O)N[C@@H](C)c1nnc(C)s1. The van der Waals surface area contributed by atoms with E-state index in [4.69, 9.17) is 9.47 Å². The molecule has 25 heavy (non-hydrogen) atoms. The zero-order valence-electron chi connectivity index (χ0n) is 14.5. The number of methoxy groups -OCH3 is 1. The Kier molecular flexibility index (Phi) is 3.91. The lowest BCUT2D eigenvalue weighted by Gasteiger charge is -2.27. The Bertz CT molecular complexity index is 822.